The monoisotopic (exact) mass is 237 g/mol. The van der Waals surface area contributed by atoms with E-state index in [1.54, 1.807) is 0 Å². The first-order valence-electron chi connectivity index (χ1n) is 6.49. The van der Waals surface area contributed by atoms with Crippen LogP contribution in [0.4, 0.5) is 4.79 Å². The summed E-state index contributed by atoms with van der Waals surface area (Å²) in [4.78, 5) is 27.6. The van der Waals surface area contributed by atoms with E-state index in [1.807, 2.05) is 11.8 Å². The molecule has 4 aliphatic heterocycles. The van der Waals surface area contributed by atoms with E-state index in [0.717, 1.165) is 6.54 Å². The SMILES string of the molecule is CC1CN(C2CN3CCC2CC3)C(=O)NC1=O. The van der Waals surface area contributed by atoms with Crippen molar-refractivity contribution in [2.75, 3.05) is 26.2 Å². The van der Waals surface area contributed by atoms with Crippen molar-refractivity contribution in [3.05, 3.63) is 0 Å². The first-order valence-corrected chi connectivity index (χ1v) is 6.49. The van der Waals surface area contributed by atoms with E-state index in [2.05, 4.69) is 10.2 Å². The van der Waals surface area contributed by atoms with Gasteiger partial charge in [0.25, 0.3) is 0 Å². The van der Waals surface area contributed by atoms with Crippen LogP contribution in [0.5, 0.6) is 0 Å². The molecular weight excluding hydrogens is 218 g/mol. The van der Waals surface area contributed by atoms with E-state index in [4.69, 9.17) is 0 Å². The summed E-state index contributed by atoms with van der Waals surface area (Å²) in [7, 11) is 0. The second-order valence-electron chi connectivity index (χ2n) is 5.55. The third kappa shape index (κ3) is 1.82. The molecule has 0 radical (unpaired) electrons. The number of urea groups is 1. The second-order valence-corrected chi connectivity index (χ2v) is 5.55. The molecule has 2 atom stereocenters. The van der Waals surface area contributed by atoms with E-state index < -0.39 is 0 Å². The molecule has 4 fully saturated rings. The van der Waals surface area contributed by atoms with Crippen LogP contribution in [-0.4, -0.2) is 54.0 Å². The van der Waals surface area contributed by atoms with Crippen LogP contribution in [-0.2, 0) is 4.79 Å². The van der Waals surface area contributed by atoms with Gasteiger partial charge in [0, 0.05) is 19.1 Å². The lowest BCUT2D eigenvalue weighted by Crippen LogP contribution is -2.64. The Kier molecular flexibility index (Phi) is 2.58. The highest BCUT2D eigenvalue weighted by molar-refractivity contribution is 5.97. The summed E-state index contributed by atoms with van der Waals surface area (Å²) in [6.45, 7) is 5.80. The fourth-order valence-electron chi connectivity index (χ4n) is 3.33. The Morgan fingerprint density at radius 2 is 1.88 bits per heavy atom. The number of rotatable bonds is 1. The van der Waals surface area contributed by atoms with Gasteiger partial charge in [-0.3, -0.25) is 10.1 Å². The fourth-order valence-corrected chi connectivity index (χ4v) is 3.33. The largest absolute Gasteiger partial charge is 0.324 e. The Bertz CT molecular complexity index is 350. The molecule has 0 aromatic rings. The molecule has 0 aromatic heterocycles. The van der Waals surface area contributed by atoms with Crippen LogP contribution in [0.3, 0.4) is 0 Å². The van der Waals surface area contributed by atoms with Gasteiger partial charge in [0.2, 0.25) is 5.91 Å². The minimum absolute atomic E-state index is 0.0804. The number of imide groups is 1. The maximum Gasteiger partial charge on any atom is 0.324 e. The molecule has 4 saturated heterocycles. The van der Waals surface area contributed by atoms with Gasteiger partial charge in [-0.1, -0.05) is 6.92 Å². The van der Waals surface area contributed by atoms with Crippen LogP contribution in [0.25, 0.3) is 0 Å². The van der Waals surface area contributed by atoms with Crippen LogP contribution in [0.15, 0.2) is 0 Å². The van der Waals surface area contributed by atoms with Gasteiger partial charge in [-0.05, 0) is 31.8 Å². The first kappa shape index (κ1) is 11.0. The lowest BCUT2D eigenvalue weighted by atomic mass is 9.82. The fraction of sp³-hybridized carbons (Fsp3) is 0.833. The molecule has 94 valence electrons. The molecule has 5 heteroatoms. The van der Waals surface area contributed by atoms with Gasteiger partial charge in [0.15, 0.2) is 0 Å². The first-order chi connectivity index (χ1) is 8.15. The molecule has 5 nitrogen and oxygen atoms in total. The van der Waals surface area contributed by atoms with E-state index in [0.29, 0.717) is 18.5 Å². The maximum absolute atomic E-state index is 11.9. The molecule has 3 amide bonds. The maximum atomic E-state index is 11.9. The average Bonchev–Trinajstić information content (AvgIpc) is 2.35. The normalized spacial score (nSPS) is 41.6. The molecule has 4 rings (SSSR count). The average molecular weight is 237 g/mol. The van der Waals surface area contributed by atoms with Gasteiger partial charge in [-0.15, -0.1) is 0 Å². The van der Waals surface area contributed by atoms with Crippen molar-refractivity contribution in [1.82, 2.24) is 15.1 Å². The van der Waals surface area contributed by atoms with Crippen LogP contribution in [0, 0.1) is 11.8 Å². The summed E-state index contributed by atoms with van der Waals surface area (Å²) in [6.07, 6.45) is 2.38. The lowest BCUT2D eigenvalue weighted by Gasteiger charge is -2.50. The second kappa shape index (κ2) is 3.98. The third-order valence-corrected chi connectivity index (χ3v) is 4.43. The van der Waals surface area contributed by atoms with Crippen LogP contribution < -0.4 is 5.32 Å². The molecule has 0 aliphatic carbocycles. The van der Waals surface area contributed by atoms with Gasteiger partial charge >= 0.3 is 6.03 Å². The standard InChI is InChI=1S/C12H19N3O2/c1-8-6-15(12(17)13-11(8)16)10-7-14-4-2-9(10)3-5-14/h8-10H,2-7H2,1H3,(H,13,16,17). The van der Waals surface area contributed by atoms with Gasteiger partial charge in [-0.2, -0.15) is 0 Å². The van der Waals surface area contributed by atoms with Gasteiger partial charge in [0.05, 0.1) is 5.92 Å². The van der Waals surface area contributed by atoms with Crippen molar-refractivity contribution < 1.29 is 9.59 Å². The molecule has 4 aliphatic rings. The zero-order chi connectivity index (χ0) is 12.0. The summed E-state index contributed by atoms with van der Waals surface area (Å²) in [6, 6.07) is 0.125. The Morgan fingerprint density at radius 3 is 2.47 bits per heavy atom. The number of piperidine rings is 3. The van der Waals surface area contributed by atoms with Crippen molar-refractivity contribution in [3.63, 3.8) is 0 Å². The number of hydrogen-bond acceptors (Lipinski definition) is 3. The van der Waals surface area contributed by atoms with Gasteiger partial charge < -0.3 is 9.80 Å². The van der Waals surface area contributed by atoms with Crippen LogP contribution >= 0.6 is 0 Å². The van der Waals surface area contributed by atoms with E-state index in [-0.39, 0.29) is 17.9 Å². The van der Waals surface area contributed by atoms with Crippen LogP contribution in [0.2, 0.25) is 0 Å². The quantitative estimate of drug-likeness (QED) is 0.712. The summed E-state index contributed by atoms with van der Waals surface area (Å²) < 4.78 is 0. The number of nitrogens with zero attached hydrogens (tertiary/aromatic N) is 2. The summed E-state index contributed by atoms with van der Waals surface area (Å²) in [5, 5.41) is 2.47. The summed E-state index contributed by atoms with van der Waals surface area (Å²) >= 11 is 0. The van der Waals surface area contributed by atoms with E-state index >= 15 is 0 Å². The number of hydrogen-bond donors (Lipinski definition) is 1. The Hall–Kier alpha value is -1.10. The molecule has 2 unspecified atom stereocenters. The predicted molar refractivity (Wildman–Crippen MR) is 62.4 cm³/mol. The molecule has 17 heavy (non-hydrogen) atoms. The van der Waals surface area contributed by atoms with E-state index in [9.17, 15) is 9.59 Å². The number of nitrogens with one attached hydrogen (secondary N) is 1. The highest BCUT2D eigenvalue weighted by Gasteiger charge is 2.42. The molecular formula is C12H19N3O2. The number of fused-ring (bicyclic) bond motifs is 3. The number of amides is 3. The topological polar surface area (TPSA) is 52.6 Å². The predicted octanol–water partition coefficient (Wildman–Crippen LogP) is 0.268. The summed E-state index contributed by atoms with van der Waals surface area (Å²) in [5.41, 5.74) is 0. The Balaban J connectivity index is 1.75. The van der Waals surface area contributed by atoms with Gasteiger partial charge in [0.1, 0.15) is 0 Å². The van der Waals surface area contributed by atoms with Crippen molar-refractivity contribution in [1.29, 1.82) is 0 Å². The van der Waals surface area contributed by atoms with Crippen molar-refractivity contribution in [3.8, 4) is 0 Å². The molecule has 0 saturated carbocycles. The third-order valence-electron chi connectivity index (χ3n) is 4.43. The van der Waals surface area contributed by atoms with Crippen LogP contribution in [0.1, 0.15) is 19.8 Å². The van der Waals surface area contributed by atoms with Gasteiger partial charge in [-0.25, -0.2) is 4.79 Å². The lowest BCUT2D eigenvalue weighted by molar-refractivity contribution is -0.126. The number of carbonyl (C=O) groups is 2. The molecule has 0 aromatic carbocycles. The zero-order valence-corrected chi connectivity index (χ0v) is 10.2. The number of carbonyl (C=O) groups excluding carboxylic acids is 2. The van der Waals surface area contributed by atoms with Crippen molar-refractivity contribution in [2.45, 2.75) is 25.8 Å². The smallest absolute Gasteiger partial charge is 0.319 e. The summed E-state index contributed by atoms with van der Waals surface area (Å²) in [5.74, 6) is 0.418. The highest BCUT2D eigenvalue weighted by atomic mass is 16.2. The molecule has 2 bridgehead atoms. The Labute approximate surface area is 101 Å². The minimum atomic E-state index is -0.188. The van der Waals surface area contributed by atoms with E-state index in [1.165, 1.54) is 25.9 Å². The zero-order valence-electron chi connectivity index (χ0n) is 10.2. The Morgan fingerprint density at radius 1 is 1.18 bits per heavy atom. The molecule has 4 heterocycles. The molecule has 0 spiro atoms. The van der Waals surface area contributed by atoms with Crippen molar-refractivity contribution >= 4 is 11.9 Å². The minimum Gasteiger partial charge on any atom is -0.319 e. The van der Waals surface area contributed by atoms with Crippen molar-refractivity contribution in [2.24, 2.45) is 11.8 Å². The molecule has 1 N–H and O–H groups in total. The highest BCUT2D eigenvalue weighted by Crippen LogP contribution is 2.32.